The number of hydrogen-bond acceptors (Lipinski definition) is 4. The average Bonchev–Trinajstić information content (AvgIpc) is 2.68. The summed E-state index contributed by atoms with van der Waals surface area (Å²) in [6, 6.07) is 0. The molecule has 1 fully saturated rings. The third-order valence-corrected chi connectivity index (χ3v) is 7.51. The van der Waals surface area contributed by atoms with Crippen molar-refractivity contribution in [2.45, 2.75) is 111 Å². The fourth-order valence-corrected chi connectivity index (χ4v) is 5.43. The number of nitrogens with zero attached hydrogens (tertiary/aromatic N) is 2. The van der Waals surface area contributed by atoms with Gasteiger partial charge in [-0.15, -0.1) is 0 Å². The van der Waals surface area contributed by atoms with Crippen molar-refractivity contribution in [1.29, 1.82) is 0 Å². The predicted octanol–water partition coefficient (Wildman–Crippen LogP) is 5.04. The van der Waals surface area contributed by atoms with E-state index in [1.54, 1.807) is 0 Å². The van der Waals surface area contributed by atoms with Crippen LogP contribution in [0.2, 0.25) is 0 Å². The van der Waals surface area contributed by atoms with Crippen molar-refractivity contribution in [2.24, 2.45) is 5.92 Å². The van der Waals surface area contributed by atoms with E-state index in [0.29, 0.717) is 19.3 Å². The van der Waals surface area contributed by atoms with E-state index in [-0.39, 0.29) is 13.1 Å². The molecule has 1 aliphatic rings. The molecule has 1 saturated heterocycles. The first-order valence-electron chi connectivity index (χ1n) is 11.8. The summed E-state index contributed by atoms with van der Waals surface area (Å²) in [7, 11) is -4.02. The van der Waals surface area contributed by atoms with E-state index < -0.39 is 27.9 Å². The van der Waals surface area contributed by atoms with Crippen LogP contribution >= 0.6 is 0 Å². The Labute approximate surface area is 178 Å². The smallest absolute Gasteiger partial charge is 0.273 e. The summed E-state index contributed by atoms with van der Waals surface area (Å²) in [5, 5.41) is 0. The van der Waals surface area contributed by atoms with Crippen LogP contribution in [0.4, 0.5) is 0 Å². The van der Waals surface area contributed by atoms with E-state index in [1.165, 1.54) is 38.5 Å². The van der Waals surface area contributed by atoms with Gasteiger partial charge in [-0.25, -0.2) is 8.61 Å². The lowest BCUT2D eigenvalue weighted by atomic mass is 9.97. The van der Waals surface area contributed by atoms with Gasteiger partial charge in [0.1, 0.15) is 5.92 Å². The van der Waals surface area contributed by atoms with E-state index in [4.69, 9.17) is 0 Å². The maximum Gasteiger partial charge on any atom is 0.330 e. The van der Waals surface area contributed by atoms with Gasteiger partial charge < -0.3 is 0 Å². The molecule has 0 bridgehead atoms. The zero-order valence-corrected chi connectivity index (χ0v) is 19.6. The summed E-state index contributed by atoms with van der Waals surface area (Å²) in [5.74, 6) is -1.87. The van der Waals surface area contributed by atoms with Gasteiger partial charge >= 0.3 is 10.2 Å². The molecular formula is C22H42N2O4S. The van der Waals surface area contributed by atoms with Crippen LogP contribution in [0, 0.1) is 5.92 Å². The molecule has 6 nitrogen and oxygen atoms in total. The fraction of sp³-hybridized carbons (Fsp3) is 0.909. The van der Waals surface area contributed by atoms with E-state index in [2.05, 4.69) is 6.92 Å². The molecule has 1 heterocycles. The Balaban J connectivity index is 2.62. The maximum absolute atomic E-state index is 12.8. The standard InChI is InChI=1S/C22H42N2O4S/c1-4-7-10-11-12-13-14-15-16-17-20-21(25)23(18-8-5-2)29(27,28)24(22(20)26)19-9-6-3/h20H,4-19H2,1-3H3. The molecule has 2 amide bonds. The molecule has 0 unspecified atom stereocenters. The van der Waals surface area contributed by atoms with Crippen molar-refractivity contribution in [3.05, 3.63) is 0 Å². The second-order valence-corrected chi connectivity index (χ2v) is 9.98. The maximum atomic E-state index is 12.8. The number of carbonyl (C=O) groups excluding carboxylic acids is 2. The quantitative estimate of drug-likeness (QED) is 0.254. The molecule has 0 aliphatic carbocycles. The Hall–Kier alpha value is -1.11. The Morgan fingerprint density at radius 1 is 0.621 bits per heavy atom. The summed E-state index contributed by atoms with van der Waals surface area (Å²) in [6.45, 7) is 6.47. The molecule has 0 atom stereocenters. The minimum Gasteiger partial charge on any atom is -0.273 e. The topological polar surface area (TPSA) is 74.8 Å². The van der Waals surface area contributed by atoms with E-state index in [0.717, 1.165) is 40.7 Å². The first kappa shape index (κ1) is 25.9. The Morgan fingerprint density at radius 2 is 1.00 bits per heavy atom. The van der Waals surface area contributed by atoms with Crippen LogP contribution in [0.3, 0.4) is 0 Å². The SMILES string of the molecule is CCCCCCCCCCCC1C(=O)N(CCCC)S(=O)(=O)N(CCCC)C1=O. The van der Waals surface area contributed by atoms with Crippen LogP contribution in [-0.4, -0.2) is 41.9 Å². The Morgan fingerprint density at radius 3 is 1.41 bits per heavy atom. The molecule has 0 aromatic rings. The highest BCUT2D eigenvalue weighted by Gasteiger charge is 2.48. The zero-order chi connectivity index (χ0) is 21.7. The highest BCUT2D eigenvalue weighted by molar-refractivity contribution is 7.88. The summed E-state index contributed by atoms with van der Waals surface area (Å²) in [4.78, 5) is 25.7. The number of hydrogen-bond donors (Lipinski definition) is 0. The van der Waals surface area contributed by atoms with Crippen LogP contribution in [0.25, 0.3) is 0 Å². The number of amides is 2. The van der Waals surface area contributed by atoms with Crippen molar-refractivity contribution in [1.82, 2.24) is 8.61 Å². The fourth-order valence-electron chi connectivity index (χ4n) is 3.76. The molecule has 1 aliphatic heterocycles. The summed E-state index contributed by atoms with van der Waals surface area (Å²) in [6.07, 6.45) is 13.7. The lowest BCUT2D eigenvalue weighted by molar-refractivity contribution is -0.145. The van der Waals surface area contributed by atoms with Gasteiger partial charge in [0, 0.05) is 13.1 Å². The normalized spacial score (nSPS) is 17.3. The van der Waals surface area contributed by atoms with Crippen molar-refractivity contribution < 1.29 is 18.0 Å². The van der Waals surface area contributed by atoms with Crippen LogP contribution in [0.15, 0.2) is 0 Å². The summed E-state index contributed by atoms with van der Waals surface area (Å²) in [5.41, 5.74) is 0. The molecule has 0 aromatic carbocycles. The molecule has 0 saturated carbocycles. The van der Waals surface area contributed by atoms with Crippen LogP contribution in [0.5, 0.6) is 0 Å². The molecule has 7 heteroatoms. The van der Waals surface area contributed by atoms with E-state index in [1.807, 2.05) is 13.8 Å². The zero-order valence-electron chi connectivity index (χ0n) is 18.8. The van der Waals surface area contributed by atoms with Crippen molar-refractivity contribution in [2.75, 3.05) is 13.1 Å². The van der Waals surface area contributed by atoms with Gasteiger partial charge in [-0.1, -0.05) is 91.4 Å². The van der Waals surface area contributed by atoms with Crippen molar-refractivity contribution in [3.63, 3.8) is 0 Å². The molecule has 0 radical (unpaired) electrons. The van der Waals surface area contributed by atoms with Crippen molar-refractivity contribution in [3.8, 4) is 0 Å². The second kappa shape index (κ2) is 14.0. The van der Waals surface area contributed by atoms with Gasteiger partial charge in [-0.05, 0) is 19.3 Å². The number of unbranched alkanes of at least 4 members (excludes halogenated alkanes) is 10. The second-order valence-electron chi connectivity index (χ2n) is 8.21. The number of rotatable bonds is 16. The molecular weight excluding hydrogens is 388 g/mol. The van der Waals surface area contributed by atoms with Crippen LogP contribution in [0.1, 0.15) is 111 Å². The molecule has 1 rings (SSSR count). The minimum atomic E-state index is -4.02. The molecule has 0 N–H and O–H groups in total. The molecule has 0 aromatic heterocycles. The largest absolute Gasteiger partial charge is 0.330 e. The van der Waals surface area contributed by atoms with E-state index in [9.17, 15) is 18.0 Å². The predicted molar refractivity (Wildman–Crippen MR) is 117 cm³/mol. The molecule has 29 heavy (non-hydrogen) atoms. The lowest BCUT2D eigenvalue weighted by Crippen LogP contribution is -2.60. The van der Waals surface area contributed by atoms with Gasteiger partial charge in [0.15, 0.2) is 0 Å². The Kier molecular flexibility index (Phi) is 12.5. The third kappa shape index (κ3) is 7.91. The minimum absolute atomic E-state index is 0.168. The van der Waals surface area contributed by atoms with E-state index >= 15 is 0 Å². The van der Waals surface area contributed by atoms with Crippen LogP contribution in [-0.2, 0) is 19.8 Å². The van der Waals surface area contributed by atoms with Crippen LogP contribution < -0.4 is 0 Å². The third-order valence-electron chi connectivity index (χ3n) is 5.67. The highest BCUT2D eigenvalue weighted by atomic mass is 32.2. The van der Waals surface area contributed by atoms with Crippen molar-refractivity contribution >= 4 is 22.0 Å². The van der Waals surface area contributed by atoms with Gasteiger partial charge in [-0.2, -0.15) is 8.42 Å². The highest BCUT2D eigenvalue weighted by Crippen LogP contribution is 2.28. The Bertz CT molecular complexity index is 558. The summed E-state index contributed by atoms with van der Waals surface area (Å²) >= 11 is 0. The molecule has 0 spiro atoms. The number of carbonyl (C=O) groups is 2. The average molecular weight is 431 g/mol. The first-order valence-corrected chi connectivity index (χ1v) is 13.2. The van der Waals surface area contributed by atoms with Gasteiger partial charge in [0.2, 0.25) is 11.8 Å². The van der Waals surface area contributed by atoms with Gasteiger partial charge in [0.05, 0.1) is 0 Å². The lowest BCUT2D eigenvalue weighted by Gasteiger charge is -2.38. The molecule has 170 valence electrons. The summed E-state index contributed by atoms with van der Waals surface area (Å²) < 4.78 is 27.6. The van der Waals surface area contributed by atoms with Gasteiger partial charge in [-0.3, -0.25) is 9.59 Å². The first-order chi connectivity index (χ1) is 13.9. The monoisotopic (exact) mass is 430 g/mol. The van der Waals surface area contributed by atoms with Gasteiger partial charge in [0.25, 0.3) is 0 Å².